The van der Waals surface area contributed by atoms with Crippen LogP contribution in [0.4, 0.5) is 0 Å². The standard InChI is InChI=1S/C17H23N7O2/c1-9(2)6-14-22-16(26-23-14)11(5)20-15(25)12-7-13(10(3)4)24-17(21-12)18-8-19-24/h7-11H,6H2,1-5H3,(H,20,25)/t11-/m1/s1. The molecule has 0 radical (unpaired) electrons. The minimum absolute atomic E-state index is 0.167. The Bertz CT molecular complexity index is 913. The Labute approximate surface area is 151 Å². The van der Waals surface area contributed by atoms with Gasteiger partial charge in [-0.1, -0.05) is 32.9 Å². The summed E-state index contributed by atoms with van der Waals surface area (Å²) >= 11 is 0. The summed E-state index contributed by atoms with van der Waals surface area (Å²) in [5, 5.41) is 11.0. The molecule has 9 heteroatoms. The van der Waals surface area contributed by atoms with Crippen molar-refractivity contribution in [2.24, 2.45) is 5.92 Å². The van der Waals surface area contributed by atoms with Gasteiger partial charge in [0, 0.05) is 6.42 Å². The summed E-state index contributed by atoms with van der Waals surface area (Å²) in [5.41, 5.74) is 1.14. The fraction of sp³-hybridized carbons (Fsp3) is 0.529. The lowest BCUT2D eigenvalue weighted by atomic mass is 10.1. The van der Waals surface area contributed by atoms with Crippen molar-refractivity contribution in [3.8, 4) is 0 Å². The number of nitrogens with one attached hydrogen (secondary N) is 1. The van der Waals surface area contributed by atoms with Gasteiger partial charge in [-0.2, -0.15) is 15.1 Å². The number of hydrogen-bond donors (Lipinski definition) is 1. The van der Waals surface area contributed by atoms with Gasteiger partial charge in [0.1, 0.15) is 18.1 Å². The van der Waals surface area contributed by atoms with Crippen LogP contribution in [0.15, 0.2) is 16.9 Å². The van der Waals surface area contributed by atoms with Crippen molar-refractivity contribution >= 4 is 11.7 Å². The lowest BCUT2D eigenvalue weighted by molar-refractivity contribution is 0.0927. The maximum Gasteiger partial charge on any atom is 0.270 e. The number of rotatable bonds is 6. The molecule has 0 bridgehead atoms. The van der Waals surface area contributed by atoms with Crippen LogP contribution < -0.4 is 5.32 Å². The van der Waals surface area contributed by atoms with Gasteiger partial charge in [0.05, 0.1) is 5.69 Å². The molecule has 3 aromatic heterocycles. The van der Waals surface area contributed by atoms with Crippen molar-refractivity contribution in [3.63, 3.8) is 0 Å². The number of hydrogen-bond acceptors (Lipinski definition) is 7. The van der Waals surface area contributed by atoms with E-state index < -0.39 is 6.04 Å². The second kappa shape index (κ2) is 7.19. The Morgan fingerprint density at radius 1 is 1.23 bits per heavy atom. The van der Waals surface area contributed by atoms with Gasteiger partial charge in [0.25, 0.3) is 11.7 Å². The topological polar surface area (TPSA) is 111 Å². The molecule has 0 aliphatic heterocycles. The number of carbonyl (C=O) groups excluding carboxylic acids is 1. The molecular formula is C17H23N7O2. The molecule has 0 saturated carbocycles. The van der Waals surface area contributed by atoms with Gasteiger partial charge in [0.15, 0.2) is 5.82 Å². The van der Waals surface area contributed by atoms with Crippen LogP contribution in [0.5, 0.6) is 0 Å². The van der Waals surface area contributed by atoms with Crippen LogP contribution in [0.2, 0.25) is 0 Å². The fourth-order valence-electron chi connectivity index (χ4n) is 2.59. The molecule has 3 rings (SSSR count). The molecule has 0 spiro atoms. The van der Waals surface area contributed by atoms with Crippen molar-refractivity contribution in [2.75, 3.05) is 0 Å². The zero-order valence-electron chi connectivity index (χ0n) is 15.6. The average molecular weight is 357 g/mol. The molecule has 1 N–H and O–H groups in total. The lowest BCUT2D eigenvalue weighted by Gasteiger charge is -2.12. The van der Waals surface area contributed by atoms with E-state index in [4.69, 9.17) is 4.52 Å². The van der Waals surface area contributed by atoms with Gasteiger partial charge >= 0.3 is 0 Å². The first-order chi connectivity index (χ1) is 12.3. The maximum absolute atomic E-state index is 12.6. The fourth-order valence-corrected chi connectivity index (χ4v) is 2.59. The number of nitrogens with zero attached hydrogens (tertiary/aromatic N) is 6. The molecule has 0 aromatic carbocycles. The Hall–Kier alpha value is -2.84. The van der Waals surface area contributed by atoms with E-state index in [1.165, 1.54) is 6.33 Å². The van der Waals surface area contributed by atoms with Gasteiger partial charge in [-0.15, -0.1) is 0 Å². The zero-order chi connectivity index (χ0) is 18.8. The van der Waals surface area contributed by atoms with Crippen molar-refractivity contribution in [3.05, 3.63) is 35.5 Å². The van der Waals surface area contributed by atoms with E-state index in [2.05, 4.69) is 44.4 Å². The first-order valence-corrected chi connectivity index (χ1v) is 8.69. The Morgan fingerprint density at radius 2 is 2.00 bits per heavy atom. The monoisotopic (exact) mass is 357 g/mol. The summed E-state index contributed by atoms with van der Waals surface area (Å²) in [6.45, 7) is 10.0. The zero-order valence-corrected chi connectivity index (χ0v) is 15.6. The number of aromatic nitrogens is 6. The third kappa shape index (κ3) is 3.71. The minimum atomic E-state index is -0.422. The van der Waals surface area contributed by atoms with Crippen molar-refractivity contribution in [1.82, 2.24) is 35.0 Å². The Morgan fingerprint density at radius 3 is 2.69 bits per heavy atom. The highest BCUT2D eigenvalue weighted by Gasteiger charge is 2.20. The number of carbonyl (C=O) groups is 1. The van der Waals surface area contributed by atoms with Crippen LogP contribution in [0.1, 0.15) is 74.5 Å². The average Bonchev–Trinajstić information content (AvgIpc) is 3.21. The molecular weight excluding hydrogens is 334 g/mol. The summed E-state index contributed by atoms with van der Waals surface area (Å²) in [6, 6.07) is 1.31. The summed E-state index contributed by atoms with van der Waals surface area (Å²) < 4.78 is 6.90. The summed E-state index contributed by atoms with van der Waals surface area (Å²) in [5.74, 6) is 1.68. The van der Waals surface area contributed by atoms with Gasteiger partial charge in [0.2, 0.25) is 5.89 Å². The lowest BCUT2D eigenvalue weighted by Crippen LogP contribution is -2.28. The van der Waals surface area contributed by atoms with Gasteiger partial charge in [-0.25, -0.2) is 9.50 Å². The molecule has 9 nitrogen and oxygen atoms in total. The van der Waals surface area contributed by atoms with Crippen molar-refractivity contribution in [2.45, 2.75) is 53.0 Å². The largest absolute Gasteiger partial charge is 0.339 e. The normalized spacial score (nSPS) is 12.9. The molecule has 0 fully saturated rings. The van der Waals surface area contributed by atoms with E-state index in [0.29, 0.717) is 23.4 Å². The van der Waals surface area contributed by atoms with E-state index in [0.717, 1.165) is 12.1 Å². The van der Waals surface area contributed by atoms with Gasteiger partial charge in [-0.05, 0) is 24.8 Å². The van der Waals surface area contributed by atoms with E-state index in [1.807, 2.05) is 13.8 Å². The number of fused-ring (bicyclic) bond motifs is 1. The van der Waals surface area contributed by atoms with Crippen LogP contribution in [0, 0.1) is 5.92 Å². The maximum atomic E-state index is 12.6. The van der Waals surface area contributed by atoms with Crippen LogP contribution in [-0.4, -0.2) is 35.6 Å². The van der Waals surface area contributed by atoms with Crippen LogP contribution >= 0.6 is 0 Å². The van der Waals surface area contributed by atoms with Crippen molar-refractivity contribution < 1.29 is 9.32 Å². The highest BCUT2D eigenvalue weighted by molar-refractivity contribution is 5.93. The van der Waals surface area contributed by atoms with Gasteiger partial charge < -0.3 is 9.84 Å². The molecule has 3 aromatic rings. The van der Waals surface area contributed by atoms with E-state index in [1.54, 1.807) is 17.5 Å². The second-order valence-corrected chi connectivity index (χ2v) is 7.03. The predicted octanol–water partition coefficient (Wildman–Crippen LogP) is 2.32. The first kappa shape index (κ1) is 18.0. The van der Waals surface area contributed by atoms with E-state index in [-0.39, 0.29) is 17.5 Å². The highest BCUT2D eigenvalue weighted by Crippen LogP contribution is 2.17. The predicted molar refractivity (Wildman–Crippen MR) is 93.6 cm³/mol. The second-order valence-electron chi connectivity index (χ2n) is 7.03. The third-order valence-electron chi connectivity index (χ3n) is 3.90. The molecule has 0 aliphatic carbocycles. The van der Waals surface area contributed by atoms with E-state index >= 15 is 0 Å². The Kier molecular flexibility index (Phi) is 4.97. The first-order valence-electron chi connectivity index (χ1n) is 8.69. The molecule has 3 heterocycles. The SMILES string of the molecule is CC(C)Cc1noc([C@@H](C)NC(=O)c2cc(C(C)C)n3ncnc3n2)n1. The summed E-state index contributed by atoms with van der Waals surface area (Å²) in [7, 11) is 0. The highest BCUT2D eigenvalue weighted by atomic mass is 16.5. The summed E-state index contributed by atoms with van der Waals surface area (Å²) in [4.78, 5) is 25.4. The molecule has 0 saturated heterocycles. The van der Waals surface area contributed by atoms with Crippen LogP contribution in [0.25, 0.3) is 5.78 Å². The summed E-state index contributed by atoms with van der Waals surface area (Å²) in [6.07, 6.45) is 2.15. The molecule has 1 amide bonds. The minimum Gasteiger partial charge on any atom is -0.339 e. The molecule has 138 valence electrons. The molecule has 0 unspecified atom stereocenters. The quantitative estimate of drug-likeness (QED) is 0.720. The smallest absolute Gasteiger partial charge is 0.270 e. The van der Waals surface area contributed by atoms with Gasteiger partial charge in [-0.3, -0.25) is 4.79 Å². The Balaban J connectivity index is 1.79. The third-order valence-corrected chi connectivity index (χ3v) is 3.90. The number of amides is 1. The molecule has 26 heavy (non-hydrogen) atoms. The van der Waals surface area contributed by atoms with Crippen molar-refractivity contribution in [1.29, 1.82) is 0 Å². The molecule has 1 atom stereocenters. The molecule has 0 aliphatic rings. The van der Waals surface area contributed by atoms with Crippen LogP contribution in [0.3, 0.4) is 0 Å². The van der Waals surface area contributed by atoms with Crippen LogP contribution in [-0.2, 0) is 6.42 Å². The van der Waals surface area contributed by atoms with E-state index in [9.17, 15) is 4.79 Å².